The number of hydrogen-bond acceptors (Lipinski definition) is 1. The molecule has 1 aromatic heterocycles. The Hall–Kier alpha value is -1.83. The van der Waals surface area contributed by atoms with Gasteiger partial charge in [-0.1, -0.05) is 24.3 Å². The van der Waals surface area contributed by atoms with Crippen molar-refractivity contribution in [2.75, 3.05) is 0 Å². The molecule has 1 heterocycles. The lowest BCUT2D eigenvalue weighted by molar-refractivity contribution is 0.902. The van der Waals surface area contributed by atoms with Crippen LogP contribution in [-0.4, -0.2) is 4.57 Å². The highest BCUT2D eigenvalue weighted by Crippen LogP contribution is 2.18. The molecular weight excluding hydrogens is 186 g/mol. The maximum atomic E-state index is 11.7. The van der Waals surface area contributed by atoms with E-state index < -0.39 is 0 Å². The van der Waals surface area contributed by atoms with E-state index in [1.807, 2.05) is 49.0 Å². The molecule has 0 amide bonds. The van der Waals surface area contributed by atoms with Gasteiger partial charge in [-0.15, -0.1) is 0 Å². The topological polar surface area (TPSA) is 22.0 Å². The Morgan fingerprint density at radius 3 is 2.53 bits per heavy atom. The van der Waals surface area contributed by atoms with Crippen LogP contribution in [0.4, 0.5) is 0 Å². The molecule has 0 fully saturated rings. The second-order valence-electron chi connectivity index (χ2n) is 3.70. The summed E-state index contributed by atoms with van der Waals surface area (Å²) in [6.45, 7) is 2.02. The molecule has 76 valence electrons. The van der Waals surface area contributed by atoms with E-state index in [0.717, 1.165) is 16.7 Å². The molecule has 0 saturated heterocycles. The highest BCUT2D eigenvalue weighted by atomic mass is 16.1. The molecule has 0 saturated carbocycles. The zero-order valence-corrected chi connectivity index (χ0v) is 8.90. The van der Waals surface area contributed by atoms with E-state index in [1.165, 1.54) is 0 Å². The lowest BCUT2D eigenvalue weighted by atomic mass is 10.0. The Kier molecular flexibility index (Phi) is 2.42. The molecule has 15 heavy (non-hydrogen) atoms. The van der Waals surface area contributed by atoms with Gasteiger partial charge in [-0.3, -0.25) is 4.79 Å². The van der Waals surface area contributed by atoms with Gasteiger partial charge in [0.2, 0.25) is 0 Å². The molecule has 0 radical (unpaired) electrons. The maximum Gasteiger partial charge on any atom is 0.189 e. The Balaban J connectivity index is 2.69. The molecule has 1 aromatic carbocycles. The first-order valence-electron chi connectivity index (χ1n) is 4.91. The SMILES string of the molecule is Cc1ccccc1-c1cn(C)ccc1=O. The minimum Gasteiger partial charge on any atom is -0.356 e. The summed E-state index contributed by atoms with van der Waals surface area (Å²) in [5.74, 6) is 0. The Labute approximate surface area is 88.8 Å². The van der Waals surface area contributed by atoms with E-state index >= 15 is 0 Å². The van der Waals surface area contributed by atoms with Crippen LogP contribution in [0.25, 0.3) is 11.1 Å². The summed E-state index contributed by atoms with van der Waals surface area (Å²) in [5, 5.41) is 0. The number of aromatic nitrogens is 1. The second kappa shape index (κ2) is 3.73. The van der Waals surface area contributed by atoms with Gasteiger partial charge in [-0.2, -0.15) is 0 Å². The highest BCUT2D eigenvalue weighted by Gasteiger charge is 2.04. The summed E-state index contributed by atoms with van der Waals surface area (Å²) in [7, 11) is 1.92. The van der Waals surface area contributed by atoms with Crippen LogP contribution in [0.1, 0.15) is 5.56 Å². The van der Waals surface area contributed by atoms with Crippen LogP contribution in [0, 0.1) is 6.92 Å². The van der Waals surface area contributed by atoms with Crippen molar-refractivity contribution < 1.29 is 0 Å². The van der Waals surface area contributed by atoms with Gasteiger partial charge < -0.3 is 4.57 Å². The third-order valence-electron chi connectivity index (χ3n) is 2.49. The molecule has 0 spiro atoms. The zero-order valence-electron chi connectivity index (χ0n) is 8.90. The summed E-state index contributed by atoms with van der Waals surface area (Å²) >= 11 is 0. The predicted molar refractivity (Wildman–Crippen MR) is 61.9 cm³/mol. The monoisotopic (exact) mass is 199 g/mol. The van der Waals surface area contributed by atoms with Gasteiger partial charge in [0.1, 0.15) is 0 Å². The molecule has 0 aliphatic carbocycles. The first-order valence-corrected chi connectivity index (χ1v) is 4.91. The van der Waals surface area contributed by atoms with Gasteiger partial charge >= 0.3 is 0 Å². The lowest BCUT2D eigenvalue weighted by Crippen LogP contribution is -2.06. The molecule has 2 heteroatoms. The normalized spacial score (nSPS) is 10.3. The van der Waals surface area contributed by atoms with E-state index in [9.17, 15) is 4.79 Å². The van der Waals surface area contributed by atoms with Crippen LogP contribution in [0.3, 0.4) is 0 Å². The predicted octanol–water partition coefficient (Wildman–Crippen LogP) is 2.36. The Bertz CT molecular complexity index is 540. The fourth-order valence-corrected chi connectivity index (χ4v) is 1.66. The molecule has 2 rings (SSSR count). The zero-order chi connectivity index (χ0) is 10.8. The first-order chi connectivity index (χ1) is 7.18. The van der Waals surface area contributed by atoms with Crippen molar-refractivity contribution in [2.24, 2.45) is 7.05 Å². The maximum absolute atomic E-state index is 11.7. The average molecular weight is 199 g/mol. The number of nitrogens with zero attached hydrogens (tertiary/aromatic N) is 1. The first kappa shape index (κ1) is 9.71. The van der Waals surface area contributed by atoms with Crippen LogP contribution < -0.4 is 5.43 Å². The quantitative estimate of drug-likeness (QED) is 0.691. The van der Waals surface area contributed by atoms with Gasteiger partial charge in [-0.25, -0.2) is 0 Å². The number of benzene rings is 1. The molecule has 2 nitrogen and oxygen atoms in total. The molecule has 0 aliphatic rings. The Morgan fingerprint density at radius 2 is 1.80 bits per heavy atom. The van der Waals surface area contributed by atoms with E-state index in [1.54, 1.807) is 12.3 Å². The van der Waals surface area contributed by atoms with Gasteiger partial charge in [0.05, 0.1) is 0 Å². The molecule has 0 bridgehead atoms. The largest absolute Gasteiger partial charge is 0.356 e. The summed E-state index contributed by atoms with van der Waals surface area (Å²) in [6, 6.07) is 9.52. The minimum atomic E-state index is 0.0717. The third kappa shape index (κ3) is 1.84. The highest BCUT2D eigenvalue weighted by molar-refractivity contribution is 5.65. The summed E-state index contributed by atoms with van der Waals surface area (Å²) < 4.78 is 1.89. The van der Waals surface area contributed by atoms with Crippen molar-refractivity contribution in [2.45, 2.75) is 6.92 Å². The minimum absolute atomic E-state index is 0.0717. The van der Waals surface area contributed by atoms with Crippen molar-refractivity contribution >= 4 is 0 Å². The molecular formula is C13H13NO. The molecule has 0 N–H and O–H groups in total. The Morgan fingerprint density at radius 1 is 1.07 bits per heavy atom. The van der Waals surface area contributed by atoms with E-state index in [4.69, 9.17) is 0 Å². The molecule has 0 aliphatic heterocycles. The van der Waals surface area contributed by atoms with Crippen LogP contribution >= 0.6 is 0 Å². The molecule has 0 atom stereocenters. The standard InChI is InChI=1S/C13H13NO/c1-10-5-3-4-6-11(10)12-9-14(2)8-7-13(12)15/h3-9H,1-2H3. The van der Waals surface area contributed by atoms with E-state index in [0.29, 0.717) is 0 Å². The van der Waals surface area contributed by atoms with Crippen molar-refractivity contribution in [3.8, 4) is 11.1 Å². The van der Waals surface area contributed by atoms with Crippen molar-refractivity contribution in [1.29, 1.82) is 0 Å². The van der Waals surface area contributed by atoms with Crippen molar-refractivity contribution in [3.05, 3.63) is 58.5 Å². The number of aryl methyl sites for hydroxylation is 2. The second-order valence-corrected chi connectivity index (χ2v) is 3.70. The van der Waals surface area contributed by atoms with E-state index in [-0.39, 0.29) is 5.43 Å². The fourth-order valence-electron chi connectivity index (χ4n) is 1.66. The van der Waals surface area contributed by atoms with Gasteiger partial charge in [0.25, 0.3) is 0 Å². The summed E-state index contributed by atoms with van der Waals surface area (Å²) in [4.78, 5) is 11.7. The van der Waals surface area contributed by atoms with Crippen molar-refractivity contribution in [1.82, 2.24) is 4.57 Å². The fraction of sp³-hybridized carbons (Fsp3) is 0.154. The third-order valence-corrected chi connectivity index (χ3v) is 2.49. The van der Waals surface area contributed by atoms with Crippen LogP contribution in [0.5, 0.6) is 0 Å². The summed E-state index contributed by atoms with van der Waals surface area (Å²) in [5.41, 5.74) is 2.97. The van der Waals surface area contributed by atoms with Gasteiger partial charge in [0, 0.05) is 31.1 Å². The van der Waals surface area contributed by atoms with Gasteiger partial charge in [-0.05, 0) is 18.1 Å². The summed E-state index contributed by atoms with van der Waals surface area (Å²) in [6.07, 6.45) is 3.63. The average Bonchev–Trinajstić information content (AvgIpc) is 2.23. The van der Waals surface area contributed by atoms with Crippen LogP contribution in [-0.2, 0) is 7.05 Å². The number of hydrogen-bond donors (Lipinski definition) is 0. The van der Waals surface area contributed by atoms with Gasteiger partial charge in [0.15, 0.2) is 5.43 Å². The van der Waals surface area contributed by atoms with Crippen molar-refractivity contribution in [3.63, 3.8) is 0 Å². The number of rotatable bonds is 1. The lowest BCUT2D eigenvalue weighted by Gasteiger charge is -2.06. The number of pyridine rings is 1. The molecule has 0 unspecified atom stereocenters. The van der Waals surface area contributed by atoms with E-state index in [2.05, 4.69) is 0 Å². The molecule has 2 aromatic rings. The van der Waals surface area contributed by atoms with Crippen LogP contribution in [0.2, 0.25) is 0 Å². The smallest absolute Gasteiger partial charge is 0.189 e. The van der Waals surface area contributed by atoms with Crippen LogP contribution in [0.15, 0.2) is 47.5 Å².